The highest BCUT2D eigenvalue weighted by Gasteiger charge is 2.43. The van der Waals surface area contributed by atoms with Gasteiger partial charge in [-0.25, -0.2) is 0 Å². The zero-order valence-corrected chi connectivity index (χ0v) is 10.4. The lowest BCUT2D eigenvalue weighted by Gasteiger charge is -2.49. The van der Waals surface area contributed by atoms with Crippen molar-refractivity contribution in [1.82, 2.24) is 0 Å². The molecule has 0 radical (unpaired) electrons. The Morgan fingerprint density at radius 2 is 1.83 bits per heavy atom. The Hall–Kier alpha value is 0.480. The zero-order valence-electron chi connectivity index (χ0n) is 8.78. The maximum absolute atomic E-state index is 3.66. The van der Waals surface area contributed by atoms with Crippen molar-refractivity contribution in [2.45, 2.75) is 47.0 Å². The molecule has 0 aromatic rings. The first-order chi connectivity index (χ1) is 5.37. The minimum atomic E-state index is 0.494. The van der Waals surface area contributed by atoms with Gasteiger partial charge in [-0.15, -0.1) is 0 Å². The summed E-state index contributed by atoms with van der Waals surface area (Å²) in [4.78, 5) is 0. The monoisotopic (exact) mass is 232 g/mol. The van der Waals surface area contributed by atoms with E-state index in [1.54, 1.807) is 0 Å². The molecule has 1 heteroatoms. The van der Waals surface area contributed by atoms with Crippen molar-refractivity contribution in [1.29, 1.82) is 0 Å². The molecule has 0 aromatic carbocycles. The molecular formula is C11H21Br. The molecule has 0 heterocycles. The molecule has 0 aromatic heterocycles. The van der Waals surface area contributed by atoms with E-state index in [9.17, 15) is 0 Å². The van der Waals surface area contributed by atoms with Crippen LogP contribution in [0, 0.1) is 16.7 Å². The Morgan fingerprint density at radius 3 is 2.08 bits per heavy atom. The predicted molar refractivity (Wildman–Crippen MR) is 58.7 cm³/mol. The summed E-state index contributed by atoms with van der Waals surface area (Å²) in [5.74, 6) is 0.963. The van der Waals surface area contributed by atoms with Gasteiger partial charge in [-0.1, -0.05) is 43.6 Å². The standard InChI is InChI=1S/C11H21Br/c1-9-5-11(6-9,8-12)7-10(2,3)4/h9H,5-8H2,1-4H3. The third kappa shape index (κ3) is 2.48. The molecule has 0 saturated heterocycles. The highest BCUT2D eigenvalue weighted by atomic mass is 79.9. The molecule has 72 valence electrons. The lowest BCUT2D eigenvalue weighted by molar-refractivity contribution is 0.0460. The fraction of sp³-hybridized carbons (Fsp3) is 1.00. The van der Waals surface area contributed by atoms with Crippen molar-refractivity contribution in [3.05, 3.63) is 0 Å². The minimum Gasteiger partial charge on any atom is -0.0922 e. The first-order valence-corrected chi connectivity index (χ1v) is 6.05. The van der Waals surface area contributed by atoms with Gasteiger partial charge in [0.15, 0.2) is 0 Å². The second-order valence-corrected chi connectivity index (χ2v) is 6.45. The molecule has 0 N–H and O–H groups in total. The summed E-state index contributed by atoms with van der Waals surface area (Å²) < 4.78 is 0. The van der Waals surface area contributed by atoms with E-state index in [-0.39, 0.29) is 0 Å². The summed E-state index contributed by atoms with van der Waals surface area (Å²) in [5, 5.41) is 1.20. The Bertz CT molecular complexity index is 149. The van der Waals surface area contributed by atoms with Gasteiger partial charge in [0, 0.05) is 5.33 Å². The molecular weight excluding hydrogens is 212 g/mol. The summed E-state index contributed by atoms with van der Waals surface area (Å²) >= 11 is 3.66. The lowest BCUT2D eigenvalue weighted by Crippen LogP contribution is -2.40. The number of hydrogen-bond donors (Lipinski definition) is 0. The van der Waals surface area contributed by atoms with Crippen LogP contribution in [0.15, 0.2) is 0 Å². The number of hydrogen-bond acceptors (Lipinski definition) is 0. The van der Waals surface area contributed by atoms with Crippen LogP contribution in [0.5, 0.6) is 0 Å². The van der Waals surface area contributed by atoms with Crippen molar-refractivity contribution < 1.29 is 0 Å². The van der Waals surface area contributed by atoms with Crippen molar-refractivity contribution in [2.75, 3.05) is 5.33 Å². The second-order valence-electron chi connectivity index (χ2n) is 5.88. The van der Waals surface area contributed by atoms with Crippen LogP contribution in [0.25, 0.3) is 0 Å². The van der Waals surface area contributed by atoms with Crippen molar-refractivity contribution >= 4 is 15.9 Å². The lowest BCUT2D eigenvalue weighted by atomic mass is 9.58. The maximum atomic E-state index is 3.66. The van der Waals surface area contributed by atoms with Crippen molar-refractivity contribution in [3.8, 4) is 0 Å². The van der Waals surface area contributed by atoms with Gasteiger partial charge >= 0.3 is 0 Å². The normalized spacial score (nSPS) is 36.2. The summed E-state index contributed by atoms with van der Waals surface area (Å²) in [7, 11) is 0. The second kappa shape index (κ2) is 3.32. The summed E-state index contributed by atoms with van der Waals surface area (Å²) in [6.45, 7) is 9.41. The molecule has 0 atom stereocenters. The first kappa shape index (κ1) is 10.6. The fourth-order valence-corrected chi connectivity index (χ4v) is 3.50. The van der Waals surface area contributed by atoms with Crippen LogP contribution >= 0.6 is 15.9 Å². The fourth-order valence-electron chi connectivity index (χ4n) is 2.84. The SMILES string of the molecule is CC1CC(CBr)(CC(C)(C)C)C1. The van der Waals surface area contributed by atoms with Crippen molar-refractivity contribution in [3.63, 3.8) is 0 Å². The van der Waals surface area contributed by atoms with E-state index in [2.05, 4.69) is 43.6 Å². The molecule has 0 aliphatic heterocycles. The molecule has 0 unspecified atom stereocenters. The molecule has 1 aliphatic carbocycles. The average Bonchev–Trinajstić information content (AvgIpc) is 1.80. The van der Waals surface area contributed by atoms with Crippen LogP contribution in [0.4, 0.5) is 0 Å². The van der Waals surface area contributed by atoms with Crippen LogP contribution in [-0.4, -0.2) is 5.33 Å². The van der Waals surface area contributed by atoms with Gasteiger partial charge in [-0.3, -0.25) is 0 Å². The van der Waals surface area contributed by atoms with Crippen LogP contribution < -0.4 is 0 Å². The van der Waals surface area contributed by atoms with E-state index >= 15 is 0 Å². The molecule has 0 amide bonds. The molecule has 0 bridgehead atoms. The van der Waals surface area contributed by atoms with Crippen LogP contribution in [0.3, 0.4) is 0 Å². The van der Waals surface area contributed by atoms with Gasteiger partial charge in [-0.2, -0.15) is 0 Å². The molecule has 0 nitrogen and oxygen atoms in total. The van der Waals surface area contributed by atoms with Crippen molar-refractivity contribution in [2.24, 2.45) is 16.7 Å². The van der Waals surface area contributed by atoms with Gasteiger partial charge in [0.1, 0.15) is 0 Å². The predicted octanol–water partition coefficient (Wildman–Crippen LogP) is 4.23. The smallest absolute Gasteiger partial charge is 0.00883 e. The Morgan fingerprint density at radius 1 is 1.33 bits per heavy atom. The third-order valence-electron chi connectivity index (χ3n) is 2.75. The summed E-state index contributed by atoms with van der Waals surface area (Å²) in [6, 6.07) is 0. The largest absolute Gasteiger partial charge is 0.0922 e. The van der Waals surface area contributed by atoms with E-state index in [1.807, 2.05) is 0 Å². The first-order valence-electron chi connectivity index (χ1n) is 4.93. The molecule has 1 aliphatic rings. The summed E-state index contributed by atoms with van der Waals surface area (Å²) in [5.41, 5.74) is 1.13. The van der Waals surface area contributed by atoms with E-state index < -0.39 is 0 Å². The number of rotatable bonds is 2. The highest BCUT2D eigenvalue weighted by molar-refractivity contribution is 9.09. The third-order valence-corrected chi connectivity index (χ3v) is 3.94. The summed E-state index contributed by atoms with van der Waals surface area (Å²) in [6.07, 6.45) is 4.22. The van der Waals surface area contributed by atoms with Crippen LogP contribution in [-0.2, 0) is 0 Å². The molecule has 1 saturated carbocycles. The van der Waals surface area contributed by atoms with E-state index in [0.29, 0.717) is 10.8 Å². The van der Waals surface area contributed by atoms with E-state index in [1.165, 1.54) is 24.6 Å². The average molecular weight is 233 g/mol. The minimum absolute atomic E-state index is 0.494. The Labute approximate surface area is 85.3 Å². The van der Waals surface area contributed by atoms with E-state index in [0.717, 1.165) is 5.92 Å². The van der Waals surface area contributed by atoms with Gasteiger partial charge in [0.05, 0.1) is 0 Å². The van der Waals surface area contributed by atoms with Crippen LogP contribution in [0.1, 0.15) is 47.0 Å². The van der Waals surface area contributed by atoms with Gasteiger partial charge in [0.2, 0.25) is 0 Å². The van der Waals surface area contributed by atoms with Gasteiger partial charge in [0.25, 0.3) is 0 Å². The molecule has 1 rings (SSSR count). The quantitative estimate of drug-likeness (QED) is 0.626. The Balaban J connectivity index is 2.48. The highest BCUT2D eigenvalue weighted by Crippen LogP contribution is 2.52. The topological polar surface area (TPSA) is 0 Å². The zero-order chi connectivity index (χ0) is 9.41. The number of halogens is 1. The number of alkyl halides is 1. The molecule has 0 spiro atoms. The Kier molecular flexibility index (Phi) is 2.92. The van der Waals surface area contributed by atoms with Crippen LogP contribution in [0.2, 0.25) is 0 Å². The van der Waals surface area contributed by atoms with Gasteiger partial charge < -0.3 is 0 Å². The van der Waals surface area contributed by atoms with Gasteiger partial charge in [-0.05, 0) is 36.0 Å². The molecule has 1 fully saturated rings. The van der Waals surface area contributed by atoms with E-state index in [4.69, 9.17) is 0 Å². The molecule has 12 heavy (non-hydrogen) atoms. The maximum Gasteiger partial charge on any atom is 0.00883 e.